The van der Waals surface area contributed by atoms with Crippen LogP contribution >= 0.6 is 0 Å². The second-order valence-electron chi connectivity index (χ2n) is 8.58. The molecule has 2 saturated heterocycles. The third-order valence-electron chi connectivity index (χ3n) is 6.62. The number of imidazole rings is 1. The Morgan fingerprint density at radius 3 is 2.71 bits per heavy atom. The molecule has 3 aromatic rings. The summed E-state index contributed by atoms with van der Waals surface area (Å²) in [7, 11) is 0. The summed E-state index contributed by atoms with van der Waals surface area (Å²) in [5, 5.41) is 3.20. The van der Waals surface area contributed by atoms with E-state index < -0.39 is 0 Å². The van der Waals surface area contributed by atoms with Gasteiger partial charge < -0.3 is 9.88 Å². The number of nitrogens with zero attached hydrogens (tertiary/aromatic N) is 3. The molecule has 0 aliphatic carbocycles. The van der Waals surface area contributed by atoms with Gasteiger partial charge in [0.15, 0.2) is 0 Å². The molecule has 2 aromatic carbocycles. The first-order valence-corrected chi connectivity index (χ1v) is 11.0. The van der Waals surface area contributed by atoms with Crippen molar-refractivity contribution in [2.45, 2.75) is 56.9 Å². The van der Waals surface area contributed by atoms with Crippen LogP contribution in [0.25, 0.3) is 0 Å². The molecule has 1 aromatic heterocycles. The Morgan fingerprint density at radius 1 is 1.06 bits per heavy atom. The molecule has 5 nitrogen and oxygen atoms in total. The van der Waals surface area contributed by atoms with Gasteiger partial charge in [0, 0.05) is 49.4 Å². The molecule has 160 valence electrons. The summed E-state index contributed by atoms with van der Waals surface area (Å²) in [4.78, 5) is 19.0. The lowest BCUT2D eigenvalue weighted by Crippen LogP contribution is -2.42. The Kier molecular flexibility index (Phi) is 5.55. The van der Waals surface area contributed by atoms with Crippen molar-refractivity contribution in [1.29, 1.82) is 0 Å². The minimum absolute atomic E-state index is 0.0464. The first kappa shape index (κ1) is 19.9. The quantitative estimate of drug-likeness (QED) is 0.680. The minimum Gasteiger partial charge on any atom is -0.352 e. The minimum atomic E-state index is -0.182. The van der Waals surface area contributed by atoms with E-state index in [1.165, 1.54) is 11.6 Å². The maximum atomic E-state index is 14.8. The zero-order valence-electron chi connectivity index (χ0n) is 17.5. The average Bonchev–Trinajstić information content (AvgIpc) is 3.28. The number of aromatic nitrogens is 2. The molecule has 1 N–H and O–H groups in total. The number of benzene rings is 2. The van der Waals surface area contributed by atoms with Crippen LogP contribution in [0.4, 0.5) is 4.39 Å². The summed E-state index contributed by atoms with van der Waals surface area (Å²) in [6.45, 7) is 1.42. The van der Waals surface area contributed by atoms with Crippen LogP contribution in [0.2, 0.25) is 0 Å². The fraction of sp³-hybridized carbons (Fsp3) is 0.360. The summed E-state index contributed by atoms with van der Waals surface area (Å²) in [5.41, 5.74) is 3.02. The van der Waals surface area contributed by atoms with Gasteiger partial charge in [0.25, 0.3) is 0 Å². The molecule has 6 heteroatoms. The Bertz CT molecular complexity index is 1050. The molecule has 31 heavy (non-hydrogen) atoms. The molecule has 5 rings (SSSR count). The van der Waals surface area contributed by atoms with E-state index in [0.717, 1.165) is 31.5 Å². The lowest BCUT2D eigenvalue weighted by Gasteiger charge is -2.31. The van der Waals surface area contributed by atoms with Gasteiger partial charge in [-0.05, 0) is 30.9 Å². The first-order valence-electron chi connectivity index (χ1n) is 11.0. The Balaban J connectivity index is 1.46. The van der Waals surface area contributed by atoms with Gasteiger partial charge in [-0.2, -0.15) is 0 Å². The monoisotopic (exact) mass is 418 g/mol. The van der Waals surface area contributed by atoms with Crippen molar-refractivity contribution < 1.29 is 9.18 Å². The third-order valence-corrected chi connectivity index (χ3v) is 6.62. The number of hydrogen-bond acceptors (Lipinski definition) is 3. The van der Waals surface area contributed by atoms with E-state index in [4.69, 9.17) is 0 Å². The molecule has 3 atom stereocenters. The molecule has 0 bridgehead atoms. The van der Waals surface area contributed by atoms with Crippen LogP contribution in [0, 0.1) is 5.82 Å². The predicted octanol–water partition coefficient (Wildman–Crippen LogP) is 4.05. The van der Waals surface area contributed by atoms with Crippen LogP contribution in [0.3, 0.4) is 0 Å². The predicted molar refractivity (Wildman–Crippen MR) is 117 cm³/mol. The summed E-state index contributed by atoms with van der Waals surface area (Å²) in [6.07, 6.45) is 6.85. The highest BCUT2D eigenvalue weighted by atomic mass is 19.1. The van der Waals surface area contributed by atoms with Gasteiger partial charge in [0.2, 0.25) is 5.91 Å². The highest BCUT2D eigenvalue weighted by molar-refractivity contribution is 5.76. The van der Waals surface area contributed by atoms with E-state index in [1.807, 2.05) is 42.9 Å². The topological polar surface area (TPSA) is 50.2 Å². The van der Waals surface area contributed by atoms with Crippen LogP contribution < -0.4 is 5.32 Å². The Hall–Kier alpha value is -2.99. The number of carbonyl (C=O) groups is 1. The molecule has 2 aliphatic rings. The molecule has 0 radical (unpaired) electrons. The number of likely N-dealkylation sites (tertiary alicyclic amines) is 1. The number of rotatable bonds is 5. The van der Waals surface area contributed by atoms with E-state index in [9.17, 15) is 9.18 Å². The van der Waals surface area contributed by atoms with Crippen LogP contribution in [-0.2, 0) is 17.9 Å². The van der Waals surface area contributed by atoms with Gasteiger partial charge in [-0.25, -0.2) is 9.37 Å². The van der Waals surface area contributed by atoms with Crippen molar-refractivity contribution in [1.82, 2.24) is 19.8 Å². The lowest BCUT2D eigenvalue weighted by molar-refractivity contribution is -0.121. The van der Waals surface area contributed by atoms with Crippen LogP contribution in [0.5, 0.6) is 0 Å². The molecule has 0 unspecified atom stereocenters. The largest absolute Gasteiger partial charge is 0.352 e. The van der Waals surface area contributed by atoms with Crippen molar-refractivity contribution in [3.63, 3.8) is 0 Å². The summed E-state index contributed by atoms with van der Waals surface area (Å²) >= 11 is 0. The van der Waals surface area contributed by atoms with Gasteiger partial charge in [-0.1, -0.05) is 48.5 Å². The number of fused-ring (bicyclic) bond motifs is 1. The number of halogens is 1. The second kappa shape index (κ2) is 8.63. The smallest absolute Gasteiger partial charge is 0.220 e. The Labute approximate surface area is 181 Å². The average molecular weight is 419 g/mol. The van der Waals surface area contributed by atoms with E-state index in [2.05, 4.69) is 31.9 Å². The molecule has 0 saturated carbocycles. The fourth-order valence-corrected chi connectivity index (χ4v) is 5.14. The van der Waals surface area contributed by atoms with Gasteiger partial charge in [-0.3, -0.25) is 9.69 Å². The van der Waals surface area contributed by atoms with Crippen LogP contribution in [-0.4, -0.2) is 32.4 Å². The molecule has 2 fully saturated rings. The van der Waals surface area contributed by atoms with Crippen molar-refractivity contribution in [3.05, 3.63) is 89.8 Å². The van der Waals surface area contributed by atoms with E-state index in [1.54, 1.807) is 6.07 Å². The molecular weight excluding hydrogens is 391 g/mol. The van der Waals surface area contributed by atoms with Gasteiger partial charge in [0.1, 0.15) is 5.82 Å². The normalized spacial score (nSPS) is 23.9. The highest BCUT2D eigenvalue weighted by Crippen LogP contribution is 2.41. The standard InChI is InChI=1S/C25H27FN4O/c26-21-10-5-4-9-20(21)24-13-22-23(11-6-12-25(31)28-22)30(24)16-19-14-27-17-29(19)15-18-7-2-1-3-8-18/h1-5,7-10,14,17,22-24H,6,11-13,15-16H2,(H,28,31)/t22-,23+,24+/m0/s1. The zero-order chi connectivity index (χ0) is 21.2. The SMILES string of the molecule is O=C1CCC[C@@H]2[C@H](C[C@H](c3ccccc3F)N2Cc2cncn2Cc2ccccc2)N1. The fourth-order valence-electron chi connectivity index (χ4n) is 5.14. The van der Waals surface area contributed by atoms with Gasteiger partial charge in [-0.15, -0.1) is 0 Å². The van der Waals surface area contributed by atoms with Crippen molar-refractivity contribution in [2.24, 2.45) is 0 Å². The number of nitrogens with one attached hydrogen (secondary N) is 1. The molecule has 2 aliphatic heterocycles. The second-order valence-corrected chi connectivity index (χ2v) is 8.58. The number of carbonyl (C=O) groups excluding carboxylic acids is 1. The summed E-state index contributed by atoms with van der Waals surface area (Å²) in [5.74, 6) is -0.0752. The van der Waals surface area contributed by atoms with Crippen molar-refractivity contribution in [3.8, 4) is 0 Å². The highest BCUT2D eigenvalue weighted by Gasteiger charge is 2.44. The van der Waals surface area contributed by atoms with Gasteiger partial charge in [0.05, 0.1) is 12.0 Å². The number of amides is 1. The van der Waals surface area contributed by atoms with Crippen molar-refractivity contribution in [2.75, 3.05) is 0 Å². The van der Waals surface area contributed by atoms with E-state index in [-0.39, 0.29) is 29.8 Å². The maximum Gasteiger partial charge on any atom is 0.220 e. The summed E-state index contributed by atoms with van der Waals surface area (Å²) in [6, 6.07) is 17.5. The Morgan fingerprint density at radius 2 is 1.87 bits per heavy atom. The third kappa shape index (κ3) is 4.12. The van der Waals surface area contributed by atoms with Crippen molar-refractivity contribution >= 4 is 5.91 Å². The number of hydrogen-bond donors (Lipinski definition) is 1. The van der Waals surface area contributed by atoms with E-state index >= 15 is 0 Å². The summed E-state index contributed by atoms with van der Waals surface area (Å²) < 4.78 is 16.9. The van der Waals surface area contributed by atoms with Crippen LogP contribution in [0.15, 0.2) is 67.1 Å². The van der Waals surface area contributed by atoms with E-state index in [0.29, 0.717) is 18.5 Å². The molecular formula is C25H27FN4O. The molecule has 1 amide bonds. The van der Waals surface area contributed by atoms with Gasteiger partial charge >= 0.3 is 0 Å². The van der Waals surface area contributed by atoms with Crippen LogP contribution in [0.1, 0.15) is 48.5 Å². The zero-order valence-corrected chi connectivity index (χ0v) is 17.5. The molecule has 0 spiro atoms. The molecule has 3 heterocycles. The maximum absolute atomic E-state index is 14.8. The lowest BCUT2D eigenvalue weighted by atomic mass is 10.0. The first-order chi connectivity index (χ1) is 15.2.